The highest BCUT2D eigenvalue weighted by molar-refractivity contribution is 6.31. The van der Waals surface area contributed by atoms with E-state index in [0.717, 1.165) is 22.5 Å². The largest absolute Gasteiger partial charge is 0.334 e. The van der Waals surface area contributed by atoms with Crippen LogP contribution in [0.5, 0.6) is 0 Å². The number of nitrogens with two attached hydrogens (primary N) is 1. The molecule has 2 N–H and O–H groups in total. The molecule has 1 aromatic carbocycles. The summed E-state index contributed by atoms with van der Waals surface area (Å²) in [6, 6.07) is 3.91. The fourth-order valence-corrected chi connectivity index (χ4v) is 2.20. The standard InChI is InChI=1S/C12H16ClN3/c1-8(6-14)3-9-4-10(13)5-11-12(9)16(2)7-15-11/h4-5,7-8H,3,6,14H2,1-2H3. The van der Waals surface area contributed by atoms with Crippen molar-refractivity contribution in [1.82, 2.24) is 9.55 Å². The van der Waals surface area contributed by atoms with Gasteiger partial charge in [0.1, 0.15) is 0 Å². The van der Waals surface area contributed by atoms with Crippen LogP contribution in [0.25, 0.3) is 11.0 Å². The highest BCUT2D eigenvalue weighted by Gasteiger charge is 2.10. The molecule has 1 heterocycles. The van der Waals surface area contributed by atoms with Gasteiger partial charge in [-0.2, -0.15) is 0 Å². The Morgan fingerprint density at radius 3 is 2.94 bits per heavy atom. The third-order valence-electron chi connectivity index (χ3n) is 2.83. The molecule has 0 bridgehead atoms. The van der Waals surface area contributed by atoms with Crippen molar-refractivity contribution in [2.75, 3.05) is 6.54 Å². The Balaban J connectivity index is 2.53. The van der Waals surface area contributed by atoms with E-state index in [1.54, 1.807) is 0 Å². The number of halogens is 1. The third kappa shape index (κ3) is 2.06. The van der Waals surface area contributed by atoms with Gasteiger partial charge in [-0.15, -0.1) is 0 Å². The van der Waals surface area contributed by atoms with Crippen molar-refractivity contribution in [3.8, 4) is 0 Å². The van der Waals surface area contributed by atoms with Crippen LogP contribution < -0.4 is 5.73 Å². The molecule has 0 fully saturated rings. The Kier molecular flexibility index (Phi) is 3.17. The first-order valence-electron chi connectivity index (χ1n) is 5.41. The van der Waals surface area contributed by atoms with Gasteiger partial charge in [0.05, 0.1) is 17.4 Å². The molecule has 1 unspecified atom stereocenters. The first-order chi connectivity index (χ1) is 7.61. The highest BCUT2D eigenvalue weighted by Crippen LogP contribution is 2.24. The van der Waals surface area contributed by atoms with E-state index in [1.165, 1.54) is 5.56 Å². The molecular weight excluding hydrogens is 222 g/mol. The second-order valence-electron chi connectivity index (χ2n) is 4.33. The Morgan fingerprint density at radius 2 is 2.25 bits per heavy atom. The fraction of sp³-hybridized carbons (Fsp3) is 0.417. The summed E-state index contributed by atoms with van der Waals surface area (Å²) in [7, 11) is 2.00. The third-order valence-corrected chi connectivity index (χ3v) is 3.05. The summed E-state index contributed by atoms with van der Waals surface area (Å²) in [6.45, 7) is 2.83. The average molecular weight is 238 g/mol. The molecule has 0 saturated carbocycles. The molecule has 2 rings (SSSR count). The predicted molar refractivity (Wildman–Crippen MR) is 67.6 cm³/mol. The maximum atomic E-state index is 6.08. The molecule has 0 saturated heterocycles. The van der Waals surface area contributed by atoms with Crippen molar-refractivity contribution in [2.45, 2.75) is 13.3 Å². The van der Waals surface area contributed by atoms with E-state index >= 15 is 0 Å². The quantitative estimate of drug-likeness (QED) is 0.891. The van der Waals surface area contributed by atoms with Gasteiger partial charge in [-0.3, -0.25) is 0 Å². The molecule has 86 valence electrons. The molecule has 0 amide bonds. The zero-order valence-electron chi connectivity index (χ0n) is 9.57. The Morgan fingerprint density at radius 1 is 1.50 bits per heavy atom. The molecule has 0 aliphatic rings. The molecule has 0 aliphatic heterocycles. The Hall–Kier alpha value is -1.06. The van der Waals surface area contributed by atoms with Gasteiger partial charge in [0.25, 0.3) is 0 Å². The smallest absolute Gasteiger partial charge is 0.0955 e. The van der Waals surface area contributed by atoms with Gasteiger partial charge >= 0.3 is 0 Å². The summed E-state index contributed by atoms with van der Waals surface area (Å²) in [5.41, 5.74) is 8.99. The molecule has 16 heavy (non-hydrogen) atoms. The first-order valence-corrected chi connectivity index (χ1v) is 5.79. The number of hydrogen-bond donors (Lipinski definition) is 1. The lowest BCUT2D eigenvalue weighted by Crippen LogP contribution is -2.13. The summed E-state index contributed by atoms with van der Waals surface area (Å²) in [4.78, 5) is 4.32. The molecule has 3 nitrogen and oxygen atoms in total. The summed E-state index contributed by atoms with van der Waals surface area (Å²) in [5, 5.41) is 0.741. The topological polar surface area (TPSA) is 43.8 Å². The Labute approximate surface area is 100 Å². The molecule has 0 radical (unpaired) electrons. The minimum Gasteiger partial charge on any atom is -0.334 e. The van der Waals surface area contributed by atoms with Gasteiger partial charge in [-0.25, -0.2) is 4.98 Å². The lowest BCUT2D eigenvalue weighted by Gasteiger charge is -2.11. The zero-order chi connectivity index (χ0) is 11.7. The van der Waals surface area contributed by atoms with E-state index in [-0.39, 0.29) is 0 Å². The van der Waals surface area contributed by atoms with Gasteiger partial charge in [0.15, 0.2) is 0 Å². The lowest BCUT2D eigenvalue weighted by atomic mass is 10.00. The van der Waals surface area contributed by atoms with Crippen LogP contribution in [0.3, 0.4) is 0 Å². The lowest BCUT2D eigenvalue weighted by molar-refractivity contribution is 0.594. The van der Waals surface area contributed by atoms with Crippen LogP contribution in [-0.2, 0) is 13.5 Å². The van der Waals surface area contributed by atoms with E-state index in [2.05, 4.69) is 11.9 Å². The van der Waals surface area contributed by atoms with Crippen molar-refractivity contribution >= 4 is 22.6 Å². The van der Waals surface area contributed by atoms with Gasteiger partial charge in [-0.1, -0.05) is 18.5 Å². The van der Waals surface area contributed by atoms with E-state index in [1.807, 2.05) is 30.1 Å². The molecule has 1 atom stereocenters. The van der Waals surface area contributed by atoms with Crippen LogP contribution in [-0.4, -0.2) is 16.1 Å². The van der Waals surface area contributed by atoms with Crippen LogP contribution in [0.15, 0.2) is 18.5 Å². The number of benzene rings is 1. The molecule has 1 aromatic heterocycles. The maximum absolute atomic E-state index is 6.08. The summed E-state index contributed by atoms with van der Waals surface area (Å²) < 4.78 is 2.03. The molecule has 2 aromatic rings. The maximum Gasteiger partial charge on any atom is 0.0955 e. The number of rotatable bonds is 3. The van der Waals surface area contributed by atoms with Gasteiger partial charge in [0, 0.05) is 12.1 Å². The van der Waals surface area contributed by atoms with Crippen LogP contribution in [0.2, 0.25) is 5.02 Å². The molecule has 4 heteroatoms. The number of imidazole rings is 1. The summed E-state index contributed by atoms with van der Waals surface area (Å²) in [5.74, 6) is 0.455. The number of aryl methyl sites for hydroxylation is 1. The first kappa shape index (κ1) is 11.4. The molecule has 0 aliphatic carbocycles. The number of fused-ring (bicyclic) bond motifs is 1. The summed E-state index contributed by atoms with van der Waals surface area (Å²) >= 11 is 6.08. The predicted octanol–water partition coefficient (Wildman–Crippen LogP) is 2.36. The second kappa shape index (κ2) is 4.44. The van der Waals surface area contributed by atoms with Crippen LogP contribution in [0.1, 0.15) is 12.5 Å². The number of aromatic nitrogens is 2. The average Bonchev–Trinajstić information content (AvgIpc) is 2.60. The SMILES string of the molecule is CC(CN)Cc1cc(Cl)cc2ncn(C)c12. The van der Waals surface area contributed by atoms with E-state index in [0.29, 0.717) is 12.5 Å². The molecular formula is C12H16ClN3. The van der Waals surface area contributed by atoms with Gasteiger partial charge in [0.2, 0.25) is 0 Å². The van der Waals surface area contributed by atoms with Gasteiger partial charge < -0.3 is 10.3 Å². The van der Waals surface area contributed by atoms with Crippen molar-refractivity contribution in [1.29, 1.82) is 0 Å². The van der Waals surface area contributed by atoms with Crippen molar-refractivity contribution in [2.24, 2.45) is 18.7 Å². The highest BCUT2D eigenvalue weighted by atomic mass is 35.5. The molecule has 0 spiro atoms. The Bertz CT molecular complexity index is 504. The van der Waals surface area contributed by atoms with Crippen molar-refractivity contribution < 1.29 is 0 Å². The second-order valence-corrected chi connectivity index (χ2v) is 4.77. The normalized spacial score (nSPS) is 13.2. The van der Waals surface area contributed by atoms with Crippen LogP contribution >= 0.6 is 11.6 Å². The monoisotopic (exact) mass is 237 g/mol. The van der Waals surface area contributed by atoms with E-state index in [9.17, 15) is 0 Å². The number of hydrogen-bond acceptors (Lipinski definition) is 2. The van der Waals surface area contributed by atoms with Gasteiger partial charge in [-0.05, 0) is 36.6 Å². The van der Waals surface area contributed by atoms with E-state index in [4.69, 9.17) is 17.3 Å². The number of nitrogens with zero attached hydrogens (tertiary/aromatic N) is 2. The fourth-order valence-electron chi connectivity index (χ4n) is 1.97. The minimum atomic E-state index is 0.455. The van der Waals surface area contributed by atoms with Crippen molar-refractivity contribution in [3.63, 3.8) is 0 Å². The van der Waals surface area contributed by atoms with Crippen LogP contribution in [0, 0.1) is 5.92 Å². The van der Waals surface area contributed by atoms with E-state index < -0.39 is 0 Å². The van der Waals surface area contributed by atoms with Crippen LogP contribution in [0.4, 0.5) is 0 Å². The van der Waals surface area contributed by atoms with Crippen molar-refractivity contribution in [3.05, 3.63) is 29.0 Å². The minimum absolute atomic E-state index is 0.455. The summed E-state index contributed by atoms with van der Waals surface area (Å²) in [6.07, 6.45) is 2.75. The zero-order valence-corrected chi connectivity index (χ0v) is 10.3.